The van der Waals surface area contributed by atoms with Crippen LogP contribution in [0.1, 0.15) is 18.9 Å². The predicted molar refractivity (Wildman–Crippen MR) is 120 cm³/mol. The average molecular weight is 436 g/mol. The van der Waals surface area contributed by atoms with Crippen LogP contribution in [0.4, 0.5) is 0 Å². The van der Waals surface area contributed by atoms with Gasteiger partial charge in [0.15, 0.2) is 0 Å². The third-order valence-electron chi connectivity index (χ3n) is 6.14. The monoisotopic (exact) mass is 435 g/mol. The van der Waals surface area contributed by atoms with Gasteiger partial charge in [-0.3, -0.25) is 9.78 Å². The number of hydrogen-bond acceptors (Lipinski definition) is 4. The molecule has 1 aliphatic rings. The van der Waals surface area contributed by atoms with E-state index in [2.05, 4.69) is 33.5 Å². The first kappa shape index (κ1) is 20.0. The van der Waals surface area contributed by atoms with Gasteiger partial charge in [0.05, 0.1) is 22.8 Å². The minimum absolute atomic E-state index is 0.0363. The standard InChI is InChI=1S/C23H25N5O2S/c1-16-3-6-22(7-4-16)31(29,30)28-15-18(9-17(28)2)14-27-23-8-5-19(10-20(23)13-26-27)21-11-24-25-12-21/h3-8,10-13,17-18H,9,14-15H2,1-2H3,(H,24,25)/t17-,18?/m0/s1. The van der Waals surface area contributed by atoms with Crippen molar-refractivity contribution >= 4 is 20.9 Å². The first-order chi connectivity index (χ1) is 14.9. The molecular weight excluding hydrogens is 410 g/mol. The fourth-order valence-corrected chi connectivity index (χ4v) is 6.21. The maximum atomic E-state index is 13.2. The molecule has 4 aromatic rings. The second-order valence-corrected chi connectivity index (χ2v) is 10.3. The lowest BCUT2D eigenvalue weighted by atomic mass is 10.1. The van der Waals surface area contributed by atoms with E-state index in [0.717, 1.165) is 34.0 Å². The van der Waals surface area contributed by atoms with Crippen molar-refractivity contribution in [1.82, 2.24) is 24.3 Å². The fourth-order valence-electron chi connectivity index (χ4n) is 4.49. The number of aromatic amines is 1. The molecule has 2 aromatic carbocycles. The number of nitrogens with one attached hydrogen (secondary N) is 1. The molecule has 1 saturated heterocycles. The molecule has 160 valence electrons. The van der Waals surface area contributed by atoms with Crippen LogP contribution in [-0.4, -0.2) is 45.3 Å². The second kappa shape index (κ2) is 7.62. The summed E-state index contributed by atoms with van der Waals surface area (Å²) in [5.74, 6) is 0.215. The van der Waals surface area contributed by atoms with Crippen molar-refractivity contribution in [2.75, 3.05) is 6.54 Å². The van der Waals surface area contributed by atoms with Crippen LogP contribution < -0.4 is 0 Å². The lowest BCUT2D eigenvalue weighted by Crippen LogP contribution is -2.34. The Morgan fingerprint density at radius 1 is 1.10 bits per heavy atom. The van der Waals surface area contributed by atoms with Gasteiger partial charge in [-0.2, -0.15) is 14.5 Å². The zero-order valence-corrected chi connectivity index (χ0v) is 18.4. The van der Waals surface area contributed by atoms with Gasteiger partial charge in [-0.05, 0) is 56.0 Å². The normalized spacial score (nSPS) is 19.9. The van der Waals surface area contributed by atoms with Gasteiger partial charge in [-0.25, -0.2) is 8.42 Å². The summed E-state index contributed by atoms with van der Waals surface area (Å²) in [5.41, 5.74) is 4.23. The summed E-state index contributed by atoms with van der Waals surface area (Å²) in [6, 6.07) is 13.3. The number of benzene rings is 2. The summed E-state index contributed by atoms with van der Waals surface area (Å²) >= 11 is 0. The van der Waals surface area contributed by atoms with Crippen molar-refractivity contribution < 1.29 is 8.42 Å². The quantitative estimate of drug-likeness (QED) is 0.516. The minimum Gasteiger partial charge on any atom is -0.285 e. The highest BCUT2D eigenvalue weighted by molar-refractivity contribution is 7.89. The summed E-state index contributed by atoms with van der Waals surface area (Å²) in [7, 11) is -3.49. The number of rotatable bonds is 5. The molecule has 2 aromatic heterocycles. The summed E-state index contributed by atoms with van der Waals surface area (Å²) in [5, 5.41) is 12.5. The molecule has 1 unspecified atom stereocenters. The van der Waals surface area contributed by atoms with E-state index >= 15 is 0 Å². The Hall–Kier alpha value is -2.97. The number of H-pyrrole nitrogens is 1. The summed E-state index contributed by atoms with van der Waals surface area (Å²) < 4.78 is 30.0. The molecule has 1 aliphatic heterocycles. The van der Waals surface area contributed by atoms with Gasteiger partial charge in [0.1, 0.15) is 0 Å². The molecule has 5 rings (SSSR count). The van der Waals surface area contributed by atoms with Crippen LogP contribution >= 0.6 is 0 Å². The molecule has 3 heterocycles. The van der Waals surface area contributed by atoms with Gasteiger partial charge in [0.25, 0.3) is 0 Å². The van der Waals surface area contributed by atoms with Crippen LogP contribution in [0.2, 0.25) is 0 Å². The number of sulfonamides is 1. The maximum Gasteiger partial charge on any atom is 0.243 e. The topological polar surface area (TPSA) is 83.9 Å². The van der Waals surface area contributed by atoms with Crippen LogP contribution in [0.5, 0.6) is 0 Å². The second-order valence-electron chi connectivity index (χ2n) is 8.43. The Morgan fingerprint density at radius 3 is 2.65 bits per heavy atom. The van der Waals surface area contributed by atoms with Crippen molar-refractivity contribution in [3.05, 3.63) is 66.6 Å². The SMILES string of the molecule is Cc1ccc(S(=O)(=O)N2CC(Cn3ncc4cc(-c5cn[nH]c5)ccc43)C[C@@H]2C)cc1. The van der Waals surface area contributed by atoms with E-state index in [1.807, 2.05) is 43.1 Å². The number of hydrogen-bond donors (Lipinski definition) is 1. The lowest BCUT2D eigenvalue weighted by Gasteiger charge is -2.21. The molecule has 1 fully saturated rings. The molecule has 0 saturated carbocycles. The zero-order chi connectivity index (χ0) is 21.6. The molecule has 31 heavy (non-hydrogen) atoms. The largest absolute Gasteiger partial charge is 0.285 e. The Balaban J connectivity index is 1.35. The smallest absolute Gasteiger partial charge is 0.243 e. The molecule has 0 bridgehead atoms. The Morgan fingerprint density at radius 2 is 1.90 bits per heavy atom. The van der Waals surface area contributed by atoms with Gasteiger partial charge in [-0.1, -0.05) is 23.8 Å². The van der Waals surface area contributed by atoms with Crippen LogP contribution in [-0.2, 0) is 16.6 Å². The third-order valence-corrected chi connectivity index (χ3v) is 8.13. The first-order valence-electron chi connectivity index (χ1n) is 10.4. The number of fused-ring (bicyclic) bond motifs is 1. The maximum absolute atomic E-state index is 13.2. The van der Waals surface area contributed by atoms with E-state index < -0.39 is 10.0 Å². The minimum atomic E-state index is -3.49. The van der Waals surface area contributed by atoms with Gasteiger partial charge in [0, 0.05) is 36.3 Å². The molecule has 0 amide bonds. The van der Waals surface area contributed by atoms with Gasteiger partial charge in [-0.15, -0.1) is 0 Å². The number of nitrogens with zero attached hydrogens (tertiary/aromatic N) is 4. The van der Waals surface area contributed by atoms with Crippen molar-refractivity contribution in [3.63, 3.8) is 0 Å². The number of aryl methyl sites for hydroxylation is 1. The van der Waals surface area contributed by atoms with Gasteiger partial charge >= 0.3 is 0 Å². The highest BCUT2D eigenvalue weighted by Gasteiger charge is 2.38. The van der Waals surface area contributed by atoms with Crippen LogP contribution in [0.25, 0.3) is 22.0 Å². The van der Waals surface area contributed by atoms with Crippen molar-refractivity contribution in [3.8, 4) is 11.1 Å². The Kier molecular flexibility index (Phi) is 4.91. The van der Waals surface area contributed by atoms with Crippen molar-refractivity contribution in [1.29, 1.82) is 0 Å². The van der Waals surface area contributed by atoms with Crippen LogP contribution in [0.15, 0.2) is 66.0 Å². The van der Waals surface area contributed by atoms with E-state index in [-0.39, 0.29) is 12.0 Å². The van der Waals surface area contributed by atoms with E-state index in [4.69, 9.17) is 0 Å². The number of aromatic nitrogens is 4. The summed E-state index contributed by atoms with van der Waals surface area (Å²) in [4.78, 5) is 0.363. The zero-order valence-electron chi connectivity index (χ0n) is 17.6. The van der Waals surface area contributed by atoms with Crippen LogP contribution in [0, 0.1) is 12.8 Å². The van der Waals surface area contributed by atoms with E-state index in [1.165, 1.54) is 0 Å². The van der Waals surface area contributed by atoms with E-state index in [1.54, 1.807) is 22.6 Å². The Bertz CT molecular complexity index is 1310. The predicted octanol–water partition coefficient (Wildman–Crippen LogP) is 3.83. The van der Waals surface area contributed by atoms with Gasteiger partial charge < -0.3 is 0 Å². The summed E-state index contributed by atoms with van der Waals surface area (Å²) in [6.07, 6.45) is 6.36. The lowest BCUT2D eigenvalue weighted by molar-refractivity contribution is 0.396. The third kappa shape index (κ3) is 3.66. The fraction of sp³-hybridized carbons (Fsp3) is 0.304. The van der Waals surface area contributed by atoms with Crippen molar-refractivity contribution in [2.24, 2.45) is 5.92 Å². The highest BCUT2D eigenvalue weighted by atomic mass is 32.2. The first-order valence-corrected chi connectivity index (χ1v) is 11.9. The molecule has 7 nitrogen and oxygen atoms in total. The van der Waals surface area contributed by atoms with E-state index in [0.29, 0.717) is 18.0 Å². The Labute approximate surface area is 181 Å². The highest BCUT2D eigenvalue weighted by Crippen LogP contribution is 2.31. The van der Waals surface area contributed by atoms with Crippen LogP contribution in [0.3, 0.4) is 0 Å². The van der Waals surface area contributed by atoms with E-state index in [9.17, 15) is 8.42 Å². The molecule has 2 atom stereocenters. The average Bonchev–Trinajstić information content (AvgIpc) is 3.49. The van der Waals surface area contributed by atoms with Gasteiger partial charge in [0.2, 0.25) is 10.0 Å². The molecule has 0 radical (unpaired) electrons. The molecule has 1 N–H and O–H groups in total. The molecule has 0 aliphatic carbocycles. The van der Waals surface area contributed by atoms with Crippen molar-refractivity contribution in [2.45, 2.75) is 37.8 Å². The molecular formula is C23H25N5O2S. The molecule has 0 spiro atoms. The molecule has 8 heteroatoms. The summed E-state index contributed by atoms with van der Waals surface area (Å²) in [6.45, 7) is 5.15.